The van der Waals surface area contributed by atoms with Crippen molar-refractivity contribution >= 4 is 11.6 Å². The van der Waals surface area contributed by atoms with Gasteiger partial charge in [-0.3, -0.25) is 4.79 Å². The number of benzene rings is 2. The van der Waals surface area contributed by atoms with E-state index in [1.165, 1.54) is 24.1 Å². The molecule has 5 heteroatoms. The van der Waals surface area contributed by atoms with Crippen LogP contribution in [0.2, 0.25) is 0 Å². The van der Waals surface area contributed by atoms with Gasteiger partial charge in [-0.2, -0.15) is 5.10 Å². The molecule has 2 aromatic rings. The standard InChI is InChI=1S/C18H18N2O3/c1-11-6-3-4-7-13(11)15-10-14(19-20(15)12(2)21)18-16(22)8-5-9-17(18)23/h3-9,15,22-23H,10H2,1-2H3. The molecular formula is C18H18N2O3. The van der Waals surface area contributed by atoms with Crippen LogP contribution in [-0.4, -0.2) is 26.8 Å². The zero-order valence-corrected chi connectivity index (χ0v) is 13.0. The van der Waals surface area contributed by atoms with Crippen molar-refractivity contribution in [2.24, 2.45) is 5.10 Å². The Labute approximate surface area is 134 Å². The van der Waals surface area contributed by atoms with E-state index in [9.17, 15) is 15.0 Å². The van der Waals surface area contributed by atoms with Gasteiger partial charge < -0.3 is 10.2 Å². The molecule has 1 amide bonds. The number of hydrazone groups is 1. The van der Waals surface area contributed by atoms with E-state index in [0.29, 0.717) is 12.1 Å². The summed E-state index contributed by atoms with van der Waals surface area (Å²) < 4.78 is 0. The minimum absolute atomic E-state index is 0.0438. The third kappa shape index (κ3) is 2.65. The topological polar surface area (TPSA) is 73.1 Å². The molecule has 0 radical (unpaired) electrons. The third-order valence-corrected chi connectivity index (χ3v) is 4.09. The van der Waals surface area contributed by atoms with Crippen LogP contribution >= 0.6 is 0 Å². The summed E-state index contributed by atoms with van der Waals surface area (Å²) in [7, 11) is 0. The highest BCUT2D eigenvalue weighted by molar-refractivity contribution is 6.07. The lowest BCUT2D eigenvalue weighted by Gasteiger charge is -2.22. The number of hydrogen-bond acceptors (Lipinski definition) is 4. The van der Waals surface area contributed by atoms with Crippen LogP contribution in [0.5, 0.6) is 11.5 Å². The molecule has 0 fully saturated rings. The van der Waals surface area contributed by atoms with E-state index >= 15 is 0 Å². The van der Waals surface area contributed by atoms with Crippen LogP contribution in [0.4, 0.5) is 0 Å². The molecule has 1 aliphatic rings. The zero-order valence-electron chi connectivity index (χ0n) is 13.0. The van der Waals surface area contributed by atoms with Crippen LogP contribution < -0.4 is 0 Å². The van der Waals surface area contributed by atoms with Crippen molar-refractivity contribution in [1.82, 2.24) is 5.01 Å². The molecule has 1 atom stereocenters. The lowest BCUT2D eigenvalue weighted by molar-refractivity contribution is -0.130. The maximum atomic E-state index is 12.0. The SMILES string of the molecule is CC(=O)N1N=C(c2c(O)cccc2O)CC1c1ccccc1C. The minimum atomic E-state index is -0.234. The zero-order chi connectivity index (χ0) is 16.6. The number of phenols is 2. The molecule has 3 rings (SSSR count). The van der Waals surface area contributed by atoms with E-state index in [0.717, 1.165) is 11.1 Å². The van der Waals surface area contributed by atoms with Crippen molar-refractivity contribution < 1.29 is 15.0 Å². The fraction of sp³-hybridized carbons (Fsp3) is 0.222. The summed E-state index contributed by atoms with van der Waals surface area (Å²) in [6.45, 7) is 3.45. The second-order valence-electron chi connectivity index (χ2n) is 5.66. The molecule has 0 spiro atoms. The van der Waals surface area contributed by atoms with Crippen LogP contribution in [0, 0.1) is 6.92 Å². The number of rotatable bonds is 2. The second-order valence-corrected chi connectivity index (χ2v) is 5.66. The number of hydrogen-bond donors (Lipinski definition) is 2. The lowest BCUT2D eigenvalue weighted by atomic mass is 9.94. The summed E-state index contributed by atoms with van der Waals surface area (Å²) in [6.07, 6.45) is 0.440. The highest BCUT2D eigenvalue weighted by Gasteiger charge is 2.33. The van der Waals surface area contributed by atoms with E-state index in [2.05, 4.69) is 5.10 Å². The molecule has 0 aliphatic carbocycles. The summed E-state index contributed by atoms with van der Waals surface area (Å²) in [5.41, 5.74) is 2.87. The molecule has 1 aliphatic heterocycles. The Kier molecular flexibility index (Phi) is 3.78. The quantitative estimate of drug-likeness (QED) is 0.895. The van der Waals surface area contributed by atoms with Gasteiger partial charge >= 0.3 is 0 Å². The van der Waals surface area contributed by atoms with Crippen molar-refractivity contribution in [3.63, 3.8) is 0 Å². The Morgan fingerprint density at radius 2 is 1.78 bits per heavy atom. The second kappa shape index (κ2) is 5.76. The van der Waals surface area contributed by atoms with Crippen LogP contribution in [-0.2, 0) is 4.79 Å². The summed E-state index contributed by atoms with van der Waals surface area (Å²) in [6, 6.07) is 12.2. The van der Waals surface area contributed by atoms with Gasteiger partial charge in [-0.05, 0) is 30.2 Å². The summed E-state index contributed by atoms with van der Waals surface area (Å²) in [5.74, 6) is -0.265. The van der Waals surface area contributed by atoms with E-state index in [1.807, 2.05) is 31.2 Å². The number of aryl methyl sites for hydroxylation is 1. The van der Waals surface area contributed by atoms with Crippen LogP contribution in [0.1, 0.15) is 36.1 Å². The molecule has 0 saturated heterocycles. The monoisotopic (exact) mass is 310 g/mol. The largest absolute Gasteiger partial charge is 0.507 e. The number of nitrogens with zero attached hydrogens (tertiary/aromatic N) is 2. The molecule has 0 saturated carbocycles. The summed E-state index contributed by atoms with van der Waals surface area (Å²) >= 11 is 0. The minimum Gasteiger partial charge on any atom is -0.507 e. The van der Waals surface area contributed by atoms with Gasteiger partial charge in [0.2, 0.25) is 5.91 Å². The van der Waals surface area contributed by atoms with Crippen molar-refractivity contribution in [3.05, 3.63) is 59.2 Å². The van der Waals surface area contributed by atoms with Gasteiger partial charge in [-0.15, -0.1) is 0 Å². The Morgan fingerprint density at radius 1 is 1.13 bits per heavy atom. The van der Waals surface area contributed by atoms with E-state index in [4.69, 9.17) is 0 Å². The molecule has 0 bridgehead atoms. The smallest absolute Gasteiger partial charge is 0.240 e. The Hall–Kier alpha value is -2.82. The molecule has 5 nitrogen and oxygen atoms in total. The molecule has 2 N–H and O–H groups in total. The number of aromatic hydroxyl groups is 2. The third-order valence-electron chi connectivity index (χ3n) is 4.09. The first-order valence-corrected chi connectivity index (χ1v) is 7.43. The average Bonchev–Trinajstić information content (AvgIpc) is 2.92. The number of carbonyl (C=O) groups is 1. The Morgan fingerprint density at radius 3 is 2.39 bits per heavy atom. The molecule has 23 heavy (non-hydrogen) atoms. The van der Waals surface area contributed by atoms with Gasteiger partial charge in [-0.25, -0.2) is 5.01 Å². The lowest BCUT2D eigenvalue weighted by Crippen LogP contribution is -2.24. The molecule has 0 aromatic heterocycles. The van der Waals surface area contributed by atoms with Gasteiger partial charge in [0.25, 0.3) is 0 Å². The van der Waals surface area contributed by atoms with Crippen molar-refractivity contribution in [2.45, 2.75) is 26.3 Å². The van der Waals surface area contributed by atoms with Gasteiger partial charge in [0.1, 0.15) is 11.5 Å². The Balaban J connectivity index is 2.05. The predicted molar refractivity (Wildman–Crippen MR) is 87.4 cm³/mol. The van der Waals surface area contributed by atoms with Gasteiger partial charge in [-0.1, -0.05) is 30.3 Å². The van der Waals surface area contributed by atoms with Crippen molar-refractivity contribution in [2.75, 3.05) is 0 Å². The average molecular weight is 310 g/mol. The highest BCUT2D eigenvalue weighted by atomic mass is 16.3. The molecule has 1 unspecified atom stereocenters. The Bertz CT molecular complexity index is 778. The van der Waals surface area contributed by atoms with Crippen molar-refractivity contribution in [1.29, 1.82) is 0 Å². The first-order chi connectivity index (χ1) is 11.0. The summed E-state index contributed by atoms with van der Waals surface area (Å²) in [4.78, 5) is 12.0. The fourth-order valence-corrected chi connectivity index (χ4v) is 2.98. The predicted octanol–water partition coefficient (Wildman–Crippen LogP) is 3.10. The van der Waals surface area contributed by atoms with Gasteiger partial charge in [0, 0.05) is 13.3 Å². The molecule has 2 aromatic carbocycles. The maximum absolute atomic E-state index is 12.0. The van der Waals surface area contributed by atoms with E-state index in [-0.39, 0.29) is 29.0 Å². The molecular weight excluding hydrogens is 292 g/mol. The highest BCUT2D eigenvalue weighted by Crippen LogP contribution is 2.38. The van der Waals surface area contributed by atoms with Gasteiger partial charge in [0.05, 0.1) is 17.3 Å². The number of phenolic OH excluding ortho intramolecular Hbond substituents is 2. The first-order valence-electron chi connectivity index (χ1n) is 7.43. The van der Waals surface area contributed by atoms with Crippen LogP contribution in [0.3, 0.4) is 0 Å². The van der Waals surface area contributed by atoms with E-state index in [1.54, 1.807) is 6.07 Å². The van der Waals surface area contributed by atoms with Crippen LogP contribution in [0.15, 0.2) is 47.6 Å². The van der Waals surface area contributed by atoms with Crippen molar-refractivity contribution in [3.8, 4) is 11.5 Å². The van der Waals surface area contributed by atoms with Gasteiger partial charge in [0.15, 0.2) is 0 Å². The maximum Gasteiger partial charge on any atom is 0.240 e. The first kappa shape index (κ1) is 15.1. The number of amides is 1. The fourth-order valence-electron chi connectivity index (χ4n) is 2.98. The molecule has 118 valence electrons. The van der Waals surface area contributed by atoms with Crippen LogP contribution in [0.25, 0.3) is 0 Å². The van der Waals surface area contributed by atoms with E-state index < -0.39 is 0 Å². The summed E-state index contributed by atoms with van der Waals surface area (Å²) in [5, 5.41) is 25.9. The number of carbonyl (C=O) groups excluding carboxylic acids is 1. The molecule has 1 heterocycles. The normalized spacial score (nSPS) is 17.2.